The lowest BCUT2D eigenvalue weighted by Crippen LogP contribution is -2.57. The van der Waals surface area contributed by atoms with Crippen molar-refractivity contribution in [2.45, 2.75) is 71.1 Å². The van der Waals surface area contributed by atoms with Gasteiger partial charge < -0.3 is 19.9 Å². The standard InChI is InChI=1S/C27H36N4O5/c1-16-14-29(11-12-30(16)25(34)20-7-8-20)24(33)19-5-3-18(4-6-19)15-31-26(35)22-13-21(17(2)32)9-10-23(22)28-27(31)36/h9-10,13,16-20,32H,3-8,11-12,14-15H2,1-2H3,(H,28,36)/t16-,17?,18-,19-/m0/s1. The Hall–Kier alpha value is -2.94. The molecule has 2 amide bonds. The number of H-pyrrole nitrogens is 1. The molecule has 0 radical (unpaired) electrons. The van der Waals surface area contributed by atoms with Crippen LogP contribution >= 0.6 is 0 Å². The number of aromatic nitrogens is 2. The van der Waals surface area contributed by atoms with E-state index in [2.05, 4.69) is 4.98 Å². The monoisotopic (exact) mass is 496 g/mol. The number of carbonyl (C=O) groups is 2. The minimum absolute atomic E-state index is 0.0423. The van der Waals surface area contributed by atoms with Crippen molar-refractivity contribution in [3.63, 3.8) is 0 Å². The molecule has 1 aromatic heterocycles. The molecular formula is C27H36N4O5. The Morgan fingerprint density at radius 1 is 1.03 bits per heavy atom. The highest BCUT2D eigenvalue weighted by Gasteiger charge is 2.39. The number of fused-ring (bicyclic) bond motifs is 1. The van der Waals surface area contributed by atoms with Crippen LogP contribution in [0, 0.1) is 17.8 Å². The molecule has 2 heterocycles. The molecule has 2 atom stereocenters. The molecular weight excluding hydrogens is 460 g/mol. The molecule has 36 heavy (non-hydrogen) atoms. The van der Waals surface area contributed by atoms with Gasteiger partial charge in [-0.3, -0.25) is 19.0 Å². The molecule has 2 N–H and O–H groups in total. The molecule has 9 nitrogen and oxygen atoms in total. The fourth-order valence-corrected chi connectivity index (χ4v) is 5.85. The van der Waals surface area contributed by atoms with Crippen molar-refractivity contribution in [1.82, 2.24) is 19.4 Å². The summed E-state index contributed by atoms with van der Waals surface area (Å²) >= 11 is 0. The van der Waals surface area contributed by atoms with E-state index in [1.165, 1.54) is 4.57 Å². The van der Waals surface area contributed by atoms with E-state index in [0.29, 0.717) is 42.6 Å². The van der Waals surface area contributed by atoms with Crippen molar-refractivity contribution >= 4 is 22.7 Å². The van der Waals surface area contributed by atoms with Crippen LogP contribution in [0.25, 0.3) is 10.9 Å². The molecule has 194 valence electrons. The lowest BCUT2D eigenvalue weighted by atomic mass is 9.81. The first-order chi connectivity index (χ1) is 17.2. The van der Waals surface area contributed by atoms with Gasteiger partial charge in [0.15, 0.2) is 0 Å². The van der Waals surface area contributed by atoms with Crippen LogP contribution in [0.5, 0.6) is 0 Å². The maximum atomic E-state index is 13.2. The molecule has 3 aliphatic rings. The zero-order chi connectivity index (χ0) is 25.6. The van der Waals surface area contributed by atoms with Gasteiger partial charge in [-0.15, -0.1) is 0 Å². The first kappa shape index (κ1) is 24.7. The Bertz CT molecular complexity index is 1270. The third-order valence-electron chi connectivity index (χ3n) is 8.27. The molecule has 3 fully saturated rings. The van der Waals surface area contributed by atoms with Crippen molar-refractivity contribution in [1.29, 1.82) is 0 Å². The second kappa shape index (κ2) is 9.84. The Labute approximate surface area is 210 Å². The van der Waals surface area contributed by atoms with Crippen LogP contribution in [0.3, 0.4) is 0 Å². The number of aromatic amines is 1. The summed E-state index contributed by atoms with van der Waals surface area (Å²) in [5, 5.41) is 10.3. The largest absolute Gasteiger partial charge is 0.389 e. The second-order valence-electron chi connectivity index (χ2n) is 11.0. The van der Waals surface area contributed by atoms with Gasteiger partial charge in [0.25, 0.3) is 5.56 Å². The highest BCUT2D eigenvalue weighted by molar-refractivity contribution is 5.83. The highest BCUT2D eigenvalue weighted by atomic mass is 16.3. The van der Waals surface area contributed by atoms with E-state index in [-0.39, 0.29) is 41.2 Å². The predicted octanol–water partition coefficient (Wildman–Crippen LogP) is 2.02. The molecule has 2 aliphatic carbocycles. The van der Waals surface area contributed by atoms with Crippen molar-refractivity contribution in [2.24, 2.45) is 17.8 Å². The van der Waals surface area contributed by atoms with Gasteiger partial charge in [-0.05, 0) is 76.0 Å². The van der Waals surface area contributed by atoms with Gasteiger partial charge in [0.05, 0.1) is 17.0 Å². The molecule has 1 aromatic carbocycles. The van der Waals surface area contributed by atoms with Gasteiger partial charge in [-0.25, -0.2) is 4.79 Å². The highest BCUT2D eigenvalue weighted by Crippen LogP contribution is 2.34. The van der Waals surface area contributed by atoms with Crippen molar-refractivity contribution in [3.8, 4) is 0 Å². The van der Waals surface area contributed by atoms with Crippen molar-refractivity contribution < 1.29 is 14.7 Å². The topological polar surface area (TPSA) is 116 Å². The van der Waals surface area contributed by atoms with Crippen LogP contribution in [-0.4, -0.2) is 61.9 Å². The van der Waals surface area contributed by atoms with Crippen LogP contribution in [-0.2, 0) is 16.1 Å². The van der Waals surface area contributed by atoms with Crippen molar-refractivity contribution in [2.75, 3.05) is 19.6 Å². The fraction of sp³-hybridized carbons (Fsp3) is 0.630. The maximum Gasteiger partial charge on any atom is 0.328 e. The first-order valence-corrected chi connectivity index (χ1v) is 13.3. The maximum absolute atomic E-state index is 13.2. The van der Waals surface area contributed by atoms with E-state index in [1.54, 1.807) is 25.1 Å². The molecule has 5 rings (SSSR count). The quantitative estimate of drug-likeness (QED) is 0.657. The number of aliphatic hydroxyl groups excluding tert-OH is 1. The zero-order valence-corrected chi connectivity index (χ0v) is 21.1. The van der Waals surface area contributed by atoms with Gasteiger partial charge in [0.2, 0.25) is 11.8 Å². The Morgan fingerprint density at radius 2 is 1.69 bits per heavy atom. The van der Waals surface area contributed by atoms with Gasteiger partial charge in [0, 0.05) is 44.1 Å². The minimum Gasteiger partial charge on any atom is -0.389 e. The Kier molecular flexibility index (Phi) is 6.76. The van der Waals surface area contributed by atoms with Crippen LogP contribution in [0.4, 0.5) is 0 Å². The summed E-state index contributed by atoms with van der Waals surface area (Å²) in [6.07, 6.45) is 4.33. The molecule has 0 bridgehead atoms. The third-order valence-corrected chi connectivity index (χ3v) is 8.27. The van der Waals surface area contributed by atoms with Gasteiger partial charge in [0.1, 0.15) is 0 Å². The summed E-state index contributed by atoms with van der Waals surface area (Å²) in [4.78, 5) is 58.1. The Morgan fingerprint density at radius 3 is 2.33 bits per heavy atom. The lowest BCUT2D eigenvalue weighted by molar-refractivity contribution is -0.146. The molecule has 2 saturated carbocycles. The van der Waals surface area contributed by atoms with E-state index >= 15 is 0 Å². The molecule has 1 unspecified atom stereocenters. The summed E-state index contributed by atoms with van der Waals surface area (Å²) in [5.41, 5.74) is 0.322. The number of benzene rings is 1. The summed E-state index contributed by atoms with van der Waals surface area (Å²) in [7, 11) is 0. The number of piperazine rings is 1. The van der Waals surface area contributed by atoms with Crippen LogP contribution in [0.1, 0.15) is 64.0 Å². The lowest BCUT2D eigenvalue weighted by Gasteiger charge is -2.42. The second-order valence-corrected chi connectivity index (χ2v) is 11.0. The minimum atomic E-state index is -0.702. The van der Waals surface area contributed by atoms with Crippen molar-refractivity contribution in [3.05, 3.63) is 44.6 Å². The van der Waals surface area contributed by atoms with Crippen LogP contribution in [0.15, 0.2) is 27.8 Å². The van der Waals surface area contributed by atoms with Crippen LogP contribution in [0.2, 0.25) is 0 Å². The predicted molar refractivity (Wildman–Crippen MR) is 135 cm³/mol. The summed E-state index contributed by atoms with van der Waals surface area (Å²) < 4.78 is 1.26. The number of amides is 2. The average Bonchev–Trinajstić information content (AvgIpc) is 3.71. The van der Waals surface area contributed by atoms with E-state index in [9.17, 15) is 24.3 Å². The van der Waals surface area contributed by atoms with Crippen LogP contribution < -0.4 is 11.2 Å². The number of hydrogen-bond donors (Lipinski definition) is 2. The fourth-order valence-electron chi connectivity index (χ4n) is 5.85. The molecule has 1 aliphatic heterocycles. The molecule has 1 saturated heterocycles. The summed E-state index contributed by atoms with van der Waals surface area (Å²) in [6, 6.07) is 5.05. The number of carbonyl (C=O) groups excluding carboxylic acids is 2. The Balaban J connectivity index is 1.20. The molecule has 9 heteroatoms. The summed E-state index contributed by atoms with van der Waals surface area (Å²) in [5.74, 6) is 0.727. The molecule has 0 spiro atoms. The first-order valence-electron chi connectivity index (χ1n) is 13.3. The number of nitrogens with zero attached hydrogens (tertiary/aromatic N) is 3. The molecule has 2 aromatic rings. The van der Waals surface area contributed by atoms with E-state index in [0.717, 1.165) is 38.5 Å². The number of rotatable bonds is 5. The van der Waals surface area contributed by atoms with Gasteiger partial charge >= 0.3 is 5.69 Å². The number of hydrogen-bond acceptors (Lipinski definition) is 5. The number of aliphatic hydroxyl groups is 1. The summed E-state index contributed by atoms with van der Waals surface area (Å²) in [6.45, 7) is 5.79. The normalized spacial score (nSPS) is 25.7. The zero-order valence-electron chi connectivity index (χ0n) is 21.1. The van der Waals surface area contributed by atoms with E-state index < -0.39 is 11.8 Å². The van der Waals surface area contributed by atoms with E-state index in [1.807, 2.05) is 16.7 Å². The smallest absolute Gasteiger partial charge is 0.328 e. The third kappa shape index (κ3) is 4.85. The van der Waals surface area contributed by atoms with E-state index in [4.69, 9.17) is 0 Å². The number of nitrogens with one attached hydrogen (secondary N) is 1. The van der Waals surface area contributed by atoms with Gasteiger partial charge in [-0.1, -0.05) is 6.07 Å². The average molecular weight is 497 g/mol. The van der Waals surface area contributed by atoms with Gasteiger partial charge in [-0.2, -0.15) is 0 Å². The SMILES string of the molecule is CC(O)c1ccc2[nH]c(=O)n(C[C@H]3CC[C@H](C(=O)N4CCN(C(=O)C5CC5)[C@@H](C)C4)CC3)c(=O)c2c1.